The van der Waals surface area contributed by atoms with Crippen molar-refractivity contribution in [3.8, 4) is 6.01 Å². The van der Waals surface area contributed by atoms with E-state index in [0.717, 1.165) is 42.0 Å². The summed E-state index contributed by atoms with van der Waals surface area (Å²) in [5.41, 5.74) is 3.94. The number of carbonyl (C=O) groups excluding carboxylic acids is 1. The van der Waals surface area contributed by atoms with Crippen LogP contribution in [0.4, 0.5) is 11.5 Å². The van der Waals surface area contributed by atoms with Crippen molar-refractivity contribution in [2.24, 2.45) is 5.41 Å². The third-order valence-electron chi connectivity index (χ3n) is 4.63. The van der Waals surface area contributed by atoms with E-state index in [9.17, 15) is 4.79 Å². The maximum absolute atomic E-state index is 12.3. The van der Waals surface area contributed by atoms with Crippen molar-refractivity contribution in [2.75, 3.05) is 23.9 Å². The molecule has 7 nitrogen and oxygen atoms in total. The van der Waals surface area contributed by atoms with E-state index in [0.29, 0.717) is 24.8 Å². The Morgan fingerprint density at radius 2 is 2.11 bits per heavy atom. The highest BCUT2D eigenvalue weighted by Crippen LogP contribution is 2.31. The molecule has 150 valence electrons. The molecule has 0 aromatic carbocycles. The zero-order chi connectivity index (χ0) is 20.3. The quantitative estimate of drug-likeness (QED) is 0.851. The van der Waals surface area contributed by atoms with E-state index in [1.165, 1.54) is 0 Å². The van der Waals surface area contributed by atoms with Crippen molar-refractivity contribution in [3.05, 3.63) is 35.3 Å². The largest absolute Gasteiger partial charge is 0.467 e. The van der Waals surface area contributed by atoms with Crippen molar-refractivity contribution in [1.29, 1.82) is 0 Å². The maximum atomic E-state index is 12.3. The van der Waals surface area contributed by atoms with Gasteiger partial charge in [0, 0.05) is 19.2 Å². The Kier molecular flexibility index (Phi) is 5.82. The smallest absolute Gasteiger partial charge is 0.316 e. The normalized spacial score (nSPS) is 13.8. The minimum absolute atomic E-state index is 0.00351. The van der Waals surface area contributed by atoms with Gasteiger partial charge in [0.05, 0.1) is 30.7 Å². The van der Waals surface area contributed by atoms with E-state index < -0.39 is 0 Å². The van der Waals surface area contributed by atoms with Crippen LogP contribution in [-0.4, -0.2) is 34.5 Å². The number of carbonyl (C=O) groups is 1. The van der Waals surface area contributed by atoms with Gasteiger partial charge in [-0.1, -0.05) is 20.8 Å². The molecule has 28 heavy (non-hydrogen) atoms. The van der Waals surface area contributed by atoms with Crippen LogP contribution in [0.2, 0.25) is 0 Å². The standard InChI is InChI=1S/C21H29N5O2/c1-14-11-17-16(24-19(14)25-18(27)12-21(2,3)4)7-6-10-26(17)13-15-8-9-22-20(23-15)28-5/h8-9,11H,6-7,10,12-13H2,1-5H3,(H,24,25,27). The SMILES string of the molecule is COc1nccc(CN2CCCc3nc(NC(=O)CC(C)(C)C)c(C)cc32)n1. The van der Waals surface area contributed by atoms with E-state index in [-0.39, 0.29) is 11.3 Å². The average Bonchev–Trinajstić information content (AvgIpc) is 2.61. The number of fused-ring (bicyclic) bond motifs is 1. The summed E-state index contributed by atoms with van der Waals surface area (Å²) in [5.74, 6) is 0.669. The zero-order valence-corrected chi connectivity index (χ0v) is 17.4. The summed E-state index contributed by atoms with van der Waals surface area (Å²) in [6.45, 7) is 9.76. The number of aromatic nitrogens is 3. The molecule has 0 unspecified atom stereocenters. The fraction of sp³-hybridized carbons (Fsp3) is 0.524. The fourth-order valence-electron chi connectivity index (χ4n) is 3.36. The monoisotopic (exact) mass is 383 g/mol. The molecule has 7 heteroatoms. The van der Waals surface area contributed by atoms with Crippen LogP contribution >= 0.6 is 0 Å². The lowest BCUT2D eigenvalue weighted by atomic mass is 9.92. The number of aryl methyl sites for hydroxylation is 2. The molecular weight excluding hydrogens is 354 g/mol. The average molecular weight is 383 g/mol. The van der Waals surface area contributed by atoms with Crippen LogP contribution in [0.3, 0.4) is 0 Å². The number of methoxy groups -OCH3 is 1. The Morgan fingerprint density at radius 1 is 1.32 bits per heavy atom. The first-order valence-corrected chi connectivity index (χ1v) is 9.66. The lowest BCUT2D eigenvalue weighted by molar-refractivity contribution is -0.117. The number of amides is 1. The second-order valence-corrected chi connectivity index (χ2v) is 8.47. The van der Waals surface area contributed by atoms with E-state index in [1.807, 2.05) is 13.0 Å². The number of ether oxygens (including phenoxy) is 1. The van der Waals surface area contributed by atoms with Crippen molar-refractivity contribution in [1.82, 2.24) is 15.0 Å². The van der Waals surface area contributed by atoms with Gasteiger partial charge in [-0.3, -0.25) is 4.79 Å². The zero-order valence-electron chi connectivity index (χ0n) is 17.4. The van der Waals surface area contributed by atoms with Gasteiger partial charge in [-0.05, 0) is 42.9 Å². The Balaban J connectivity index is 1.80. The molecule has 1 aliphatic heterocycles. The Bertz CT molecular complexity index is 860. The molecule has 0 atom stereocenters. The second kappa shape index (κ2) is 8.12. The molecule has 0 spiro atoms. The van der Waals surface area contributed by atoms with Gasteiger partial charge in [0.1, 0.15) is 5.82 Å². The van der Waals surface area contributed by atoms with Gasteiger partial charge in [0.2, 0.25) is 5.91 Å². The van der Waals surface area contributed by atoms with E-state index in [4.69, 9.17) is 9.72 Å². The summed E-state index contributed by atoms with van der Waals surface area (Å²) in [5, 5.41) is 2.99. The van der Waals surface area contributed by atoms with E-state index in [2.05, 4.69) is 47.0 Å². The molecule has 0 saturated carbocycles. The third kappa shape index (κ3) is 4.97. The van der Waals surface area contributed by atoms with E-state index >= 15 is 0 Å². The summed E-state index contributed by atoms with van der Waals surface area (Å²) in [7, 11) is 1.57. The molecule has 1 aliphatic rings. The van der Waals surface area contributed by atoms with Crippen LogP contribution < -0.4 is 15.0 Å². The predicted octanol–water partition coefficient (Wildman–Crippen LogP) is 3.52. The number of hydrogen-bond acceptors (Lipinski definition) is 6. The molecule has 0 radical (unpaired) electrons. The van der Waals surface area contributed by atoms with Crippen molar-refractivity contribution >= 4 is 17.4 Å². The summed E-state index contributed by atoms with van der Waals surface area (Å²) < 4.78 is 5.13. The lowest BCUT2D eigenvalue weighted by Gasteiger charge is -2.31. The van der Waals surface area contributed by atoms with Gasteiger partial charge >= 0.3 is 6.01 Å². The predicted molar refractivity (Wildman–Crippen MR) is 110 cm³/mol. The van der Waals surface area contributed by atoms with Crippen molar-refractivity contribution in [2.45, 2.75) is 53.5 Å². The molecular formula is C21H29N5O2. The van der Waals surface area contributed by atoms with Gasteiger partial charge in [-0.25, -0.2) is 9.97 Å². The van der Waals surface area contributed by atoms with Gasteiger partial charge in [-0.2, -0.15) is 4.98 Å². The minimum Gasteiger partial charge on any atom is -0.467 e. The summed E-state index contributed by atoms with van der Waals surface area (Å²) in [6.07, 6.45) is 4.10. The summed E-state index contributed by atoms with van der Waals surface area (Å²) in [6, 6.07) is 4.39. The summed E-state index contributed by atoms with van der Waals surface area (Å²) in [4.78, 5) is 27.9. The number of nitrogens with one attached hydrogen (secondary N) is 1. The molecule has 0 saturated heterocycles. The van der Waals surface area contributed by atoms with Crippen LogP contribution in [0, 0.1) is 12.3 Å². The molecule has 1 N–H and O–H groups in total. The minimum atomic E-state index is -0.0540. The number of hydrogen-bond donors (Lipinski definition) is 1. The molecule has 3 rings (SSSR count). The lowest BCUT2D eigenvalue weighted by Crippen LogP contribution is -2.30. The molecule has 2 aromatic rings. The van der Waals surface area contributed by atoms with Crippen LogP contribution in [0.15, 0.2) is 18.3 Å². The Morgan fingerprint density at radius 3 is 2.82 bits per heavy atom. The van der Waals surface area contributed by atoms with Crippen LogP contribution in [0.25, 0.3) is 0 Å². The number of pyridine rings is 1. The molecule has 1 amide bonds. The Labute approximate surface area is 166 Å². The Hall–Kier alpha value is -2.70. The van der Waals surface area contributed by atoms with Gasteiger partial charge in [-0.15, -0.1) is 0 Å². The highest BCUT2D eigenvalue weighted by Gasteiger charge is 2.22. The van der Waals surface area contributed by atoms with Crippen molar-refractivity contribution < 1.29 is 9.53 Å². The van der Waals surface area contributed by atoms with Gasteiger partial charge in [0.25, 0.3) is 0 Å². The van der Waals surface area contributed by atoms with Crippen molar-refractivity contribution in [3.63, 3.8) is 0 Å². The fourth-order valence-corrected chi connectivity index (χ4v) is 3.36. The summed E-state index contributed by atoms with van der Waals surface area (Å²) >= 11 is 0. The second-order valence-electron chi connectivity index (χ2n) is 8.47. The first-order valence-electron chi connectivity index (χ1n) is 9.66. The third-order valence-corrected chi connectivity index (χ3v) is 4.63. The number of nitrogens with zero attached hydrogens (tertiary/aromatic N) is 4. The first kappa shape index (κ1) is 20.0. The highest BCUT2D eigenvalue weighted by atomic mass is 16.5. The van der Waals surface area contributed by atoms with Gasteiger partial charge in [0.15, 0.2) is 0 Å². The van der Waals surface area contributed by atoms with Gasteiger partial charge < -0.3 is 15.0 Å². The highest BCUT2D eigenvalue weighted by molar-refractivity contribution is 5.91. The number of anilines is 2. The van der Waals surface area contributed by atoms with Crippen LogP contribution in [0.1, 0.15) is 50.6 Å². The maximum Gasteiger partial charge on any atom is 0.316 e. The molecule has 0 fully saturated rings. The molecule has 0 aliphatic carbocycles. The topological polar surface area (TPSA) is 80.2 Å². The van der Waals surface area contributed by atoms with Crippen LogP contribution in [-0.2, 0) is 17.8 Å². The molecule has 3 heterocycles. The molecule has 0 bridgehead atoms. The molecule has 2 aromatic heterocycles. The van der Waals surface area contributed by atoms with Crippen LogP contribution in [0.5, 0.6) is 6.01 Å². The first-order chi connectivity index (χ1) is 13.2. The number of rotatable bonds is 5. The van der Waals surface area contributed by atoms with E-state index in [1.54, 1.807) is 13.3 Å².